The first-order valence-corrected chi connectivity index (χ1v) is 7.98. The van der Waals surface area contributed by atoms with E-state index < -0.39 is 0 Å². The fourth-order valence-corrected chi connectivity index (χ4v) is 3.27. The number of carbonyl (C=O) groups is 1. The number of piperazine rings is 1. The predicted molar refractivity (Wildman–Crippen MR) is 89.8 cm³/mol. The lowest BCUT2D eigenvalue weighted by atomic mass is 10.2. The summed E-state index contributed by atoms with van der Waals surface area (Å²) in [5, 5.41) is 1.30. The number of hydrogen-bond donors (Lipinski definition) is 0. The van der Waals surface area contributed by atoms with E-state index in [1.807, 2.05) is 0 Å². The fraction of sp³-hybridized carbons (Fsp3) is 0.333. The first-order chi connectivity index (χ1) is 10.5. The maximum Gasteiger partial charge on any atom is 0.246 e. The molecule has 1 aromatic heterocycles. The maximum absolute atomic E-state index is 12.9. The third-order valence-electron chi connectivity index (χ3n) is 3.26. The molecule has 0 aromatic carbocycles. The number of carbonyl (C=O) groups excluding carboxylic acids is 1. The van der Waals surface area contributed by atoms with Crippen molar-refractivity contribution in [3.05, 3.63) is 41.4 Å². The van der Waals surface area contributed by atoms with Gasteiger partial charge in [0, 0.05) is 36.8 Å². The molecule has 0 atom stereocenters. The summed E-state index contributed by atoms with van der Waals surface area (Å²) in [6.07, 6.45) is 6.02. The monoisotopic (exact) mass is 341 g/mol. The van der Waals surface area contributed by atoms with Crippen molar-refractivity contribution < 1.29 is 9.18 Å². The molecule has 2 rings (SSSR count). The van der Waals surface area contributed by atoms with Crippen LogP contribution < -0.4 is 4.90 Å². The molecule has 1 fully saturated rings. The summed E-state index contributed by atoms with van der Waals surface area (Å²) >= 11 is 7.37. The Hall–Kier alpha value is -1.66. The first kappa shape index (κ1) is 16.7. The number of aromatic nitrogens is 1. The lowest BCUT2D eigenvalue weighted by Crippen LogP contribution is -2.48. The Balaban J connectivity index is 2.09. The Labute approximate surface area is 138 Å². The minimum absolute atomic E-state index is 0.0457. The van der Waals surface area contributed by atoms with E-state index >= 15 is 0 Å². The number of anilines is 1. The molecule has 1 amide bonds. The van der Waals surface area contributed by atoms with Gasteiger partial charge < -0.3 is 9.80 Å². The second-order valence-corrected chi connectivity index (χ2v) is 6.08. The van der Waals surface area contributed by atoms with Gasteiger partial charge in [-0.3, -0.25) is 4.79 Å². The number of amides is 1. The van der Waals surface area contributed by atoms with Gasteiger partial charge in [0.05, 0.1) is 12.0 Å². The van der Waals surface area contributed by atoms with Crippen molar-refractivity contribution in [1.29, 1.82) is 0 Å². The van der Waals surface area contributed by atoms with Crippen LogP contribution in [0.1, 0.15) is 12.5 Å². The number of rotatable bonds is 4. The van der Waals surface area contributed by atoms with Crippen molar-refractivity contribution in [3.8, 4) is 0 Å². The molecule has 118 valence electrons. The Morgan fingerprint density at radius 2 is 2.14 bits per heavy atom. The van der Waals surface area contributed by atoms with E-state index in [4.69, 9.17) is 11.6 Å². The number of hydrogen-bond acceptors (Lipinski definition) is 4. The van der Waals surface area contributed by atoms with Gasteiger partial charge in [-0.25, -0.2) is 4.39 Å². The first-order valence-electron chi connectivity index (χ1n) is 6.83. The van der Waals surface area contributed by atoms with Gasteiger partial charge in [-0.2, -0.15) is 4.37 Å². The summed E-state index contributed by atoms with van der Waals surface area (Å²) in [6.45, 7) is 7.57. The molecule has 4 nitrogen and oxygen atoms in total. The van der Waals surface area contributed by atoms with Gasteiger partial charge in [0.25, 0.3) is 0 Å². The van der Waals surface area contributed by atoms with E-state index in [1.165, 1.54) is 30.6 Å². The highest BCUT2D eigenvalue weighted by atomic mass is 35.5. The van der Waals surface area contributed by atoms with Crippen molar-refractivity contribution in [2.45, 2.75) is 6.92 Å². The molecule has 1 saturated heterocycles. The summed E-state index contributed by atoms with van der Waals surface area (Å²) < 4.78 is 17.0. The topological polar surface area (TPSA) is 36.4 Å². The van der Waals surface area contributed by atoms with Crippen molar-refractivity contribution in [2.24, 2.45) is 0 Å². The van der Waals surface area contributed by atoms with E-state index in [-0.39, 0.29) is 11.7 Å². The van der Waals surface area contributed by atoms with Gasteiger partial charge in [0.2, 0.25) is 5.91 Å². The average Bonchev–Trinajstić information content (AvgIpc) is 2.93. The number of halogens is 2. The quantitative estimate of drug-likeness (QED) is 0.622. The van der Waals surface area contributed by atoms with Gasteiger partial charge in [-0.05, 0) is 36.7 Å². The molecule has 0 saturated carbocycles. The molecule has 1 aromatic rings. The molecule has 1 aliphatic heterocycles. The highest BCUT2D eigenvalue weighted by Crippen LogP contribution is 2.29. The van der Waals surface area contributed by atoms with Crippen molar-refractivity contribution >= 4 is 40.1 Å². The number of nitrogens with zero attached hydrogens (tertiary/aromatic N) is 3. The van der Waals surface area contributed by atoms with Crippen LogP contribution in [0.3, 0.4) is 0 Å². The van der Waals surface area contributed by atoms with Crippen LogP contribution >= 0.6 is 23.1 Å². The Kier molecular flexibility index (Phi) is 5.74. The third-order valence-corrected chi connectivity index (χ3v) is 4.36. The fourth-order valence-electron chi connectivity index (χ4n) is 2.22. The molecule has 1 aliphatic rings. The summed E-state index contributed by atoms with van der Waals surface area (Å²) in [5.74, 6) is -0.391. The molecule has 2 heterocycles. The molecular formula is C15H17ClFN3OS. The van der Waals surface area contributed by atoms with Crippen LogP contribution in [-0.4, -0.2) is 41.4 Å². The van der Waals surface area contributed by atoms with Gasteiger partial charge in [0.15, 0.2) is 0 Å². The molecule has 7 heteroatoms. The van der Waals surface area contributed by atoms with E-state index in [2.05, 4.69) is 15.9 Å². The largest absolute Gasteiger partial charge is 0.358 e. The highest BCUT2D eigenvalue weighted by molar-refractivity contribution is 7.10. The van der Waals surface area contributed by atoms with Gasteiger partial charge in [-0.1, -0.05) is 18.2 Å². The Morgan fingerprint density at radius 1 is 1.45 bits per heavy atom. The predicted octanol–water partition coefficient (Wildman–Crippen LogP) is 3.43. The summed E-state index contributed by atoms with van der Waals surface area (Å²) in [6, 6.07) is 0. The van der Waals surface area contributed by atoms with E-state index in [0.29, 0.717) is 18.1 Å². The van der Waals surface area contributed by atoms with Crippen molar-refractivity contribution in [2.75, 3.05) is 31.1 Å². The van der Waals surface area contributed by atoms with Crippen LogP contribution in [0, 0.1) is 0 Å². The normalized spacial score (nSPS) is 16.9. The van der Waals surface area contributed by atoms with Crippen molar-refractivity contribution in [3.63, 3.8) is 0 Å². The van der Waals surface area contributed by atoms with Crippen LogP contribution in [0.5, 0.6) is 0 Å². The standard InChI is InChI=1S/C15H17ClFN3OS/c1-3-14(21)19-4-6-20(7-5-19)15-12(10-18-22-15)9-13(16)8-11(2)17/h3,8-10H,1,4-7H2,2H3/b11-8+,13-9+. The zero-order valence-electron chi connectivity index (χ0n) is 12.3. The molecule has 0 unspecified atom stereocenters. The highest BCUT2D eigenvalue weighted by Gasteiger charge is 2.22. The molecule has 22 heavy (non-hydrogen) atoms. The van der Waals surface area contributed by atoms with Crippen LogP contribution in [0.2, 0.25) is 0 Å². The zero-order valence-corrected chi connectivity index (χ0v) is 13.8. The second kappa shape index (κ2) is 7.56. The van der Waals surface area contributed by atoms with E-state index in [0.717, 1.165) is 23.7 Å². The molecule has 0 bridgehead atoms. The maximum atomic E-state index is 12.9. The lowest BCUT2D eigenvalue weighted by molar-refractivity contribution is -0.126. The smallest absolute Gasteiger partial charge is 0.246 e. The summed E-state index contributed by atoms with van der Waals surface area (Å²) in [4.78, 5) is 15.5. The molecule has 0 N–H and O–H groups in total. The Morgan fingerprint density at radius 3 is 2.73 bits per heavy atom. The van der Waals surface area contributed by atoms with E-state index in [1.54, 1.807) is 17.2 Å². The van der Waals surface area contributed by atoms with E-state index in [9.17, 15) is 9.18 Å². The zero-order chi connectivity index (χ0) is 16.1. The Bertz CT molecular complexity index is 614. The second-order valence-electron chi connectivity index (χ2n) is 4.86. The van der Waals surface area contributed by atoms with Crippen LogP contribution in [0.4, 0.5) is 9.39 Å². The van der Waals surface area contributed by atoms with Crippen molar-refractivity contribution in [1.82, 2.24) is 9.27 Å². The average molecular weight is 342 g/mol. The molecule has 0 aliphatic carbocycles. The van der Waals surface area contributed by atoms with Gasteiger partial charge >= 0.3 is 0 Å². The van der Waals surface area contributed by atoms with Gasteiger partial charge in [-0.15, -0.1) is 0 Å². The lowest BCUT2D eigenvalue weighted by Gasteiger charge is -2.34. The molecule has 0 radical (unpaired) electrons. The molecule has 0 spiro atoms. The van der Waals surface area contributed by atoms with Crippen LogP contribution in [-0.2, 0) is 4.79 Å². The summed E-state index contributed by atoms with van der Waals surface area (Å²) in [7, 11) is 0. The number of allylic oxidation sites excluding steroid dienone is 3. The van der Waals surface area contributed by atoms with Gasteiger partial charge in [0.1, 0.15) is 5.00 Å². The molecular weight excluding hydrogens is 325 g/mol. The minimum Gasteiger partial charge on any atom is -0.358 e. The minimum atomic E-state index is -0.345. The third kappa shape index (κ3) is 4.18. The summed E-state index contributed by atoms with van der Waals surface area (Å²) in [5.41, 5.74) is 0.857. The van der Waals surface area contributed by atoms with Crippen LogP contribution in [0.25, 0.3) is 6.08 Å². The SMILES string of the molecule is C=CC(=O)N1CCN(c2sncc2/C=C(Cl)\C=C(/C)F)CC1. The van der Waals surface area contributed by atoms with Crippen LogP contribution in [0.15, 0.2) is 35.8 Å².